The van der Waals surface area contributed by atoms with Crippen molar-refractivity contribution in [2.24, 2.45) is 5.92 Å². The number of benzene rings is 1. The molecule has 0 aliphatic carbocycles. The van der Waals surface area contributed by atoms with Gasteiger partial charge in [-0.1, -0.05) is 6.07 Å². The van der Waals surface area contributed by atoms with Gasteiger partial charge in [-0.25, -0.2) is 4.79 Å². The fourth-order valence-corrected chi connectivity index (χ4v) is 3.49. The van der Waals surface area contributed by atoms with E-state index in [4.69, 9.17) is 14.2 Å². The van der Waals surface area contributed by atoms with E-state index in [-0.39, 0.29) is 6.03 Å². The molecular formula is C18H25N3O4. The maximum atomic E-state index is 12.3. The zero-order valence-corrected chi connectivity index (χ0v) is 14.4. The molecule has 1 atom stereocenters. The van der Waals surface area contributed by atoms with Crippen LogP contribution in [0.25, 0.3) is 0 Å². The minimum absolute atomic E-state index is 0.0506. The largest absolute Gasteiger partial charge is 0.454 e. The number of carbonyl (C=O) groups is 1. The van der Waals surface area contributed by atoms with Crippen LogP contribution in [0.1, 0.15) is 12.0 Å². The molecule has 3 heterocycles. The Balaban J connectivity index is 1.22. The van der Waals surface area contributed by atoms with Gasteiger partial charge in [0.1, 0.15) is 0 Å². The van der Waals surface area contributed by atoms with E-state index >= 15 is 0 Å². The van der Waals surface area contributed by atoms with Crippen molar-refractivity contribution in [2.75, 3.05) is 52.7 Å². The summed E-state index contributed by atoms with van der Waals surface area (Å²) in [6, 6.07) is 6.14. The van der Waals surface area contributed by atoms with E-state index in [9.17, 15) is 4.79 Å². The molecule has 7 heteroatoms. The lowest BCUT2D eigenvalue weighted by Crippen LogP contribution is -2.52. The molecule has 2 fully saturated rings. The molecule has 3 aliphatic rings. The van der Waals surface area contributed by atoms with Crippen molar-refractivity contribution in [3.05, 3.63) is 23.8 Å². The van der Waals surface area contributed by atoms with E-state index in [1.165, 1.54) is 5.56 Å². The Labute approximate surface area is 147 Å². The van der Waals surface area contributed by atoms with Crippen molar-refractivity contribution in [3.8, 4) is 11.5 Å². The highest BCUT2D eigenvalue weighted by atomic mass is 16.7. The molecule has 0 bridgehead atoms. The van der Waals surface area contributed by atoms with Crippen LogP contribution in [-0.2, 0) is 11.3 Å². The van der Waals surface area contributed by atoms with Gasteiger partial charge in [-0.3, -0.25) is 4.90 Å². The summed E-state index contributed by atoms with van der Waals surface area (Å²) in [5.74, 6) is 2.11. The van der Waals surface area contributed by atoms with Crippen molar-refractivity contribution >= 4 is 6.03 Å². The molecule has 2 saturated heterocycles. The van der Waals surface area contributed by atoms with Crippen LogP contribution < -0.4 is 14.8 Å². The Morgan fingerprint density at radius 1 is 1.16 bits per heavy atom. The van der Waals surface area contributed by atoms with E-state index in [0.29, 0.717) is 12.7 Å². The molecule has 136 valence electrons. The molecule has 2 amide bonds. The van der Waals surface area contributed by atoms with Crippen molar-refractivity contribution < 1.29 is 19.0 Å². The number of nitrogens with zero attached hydrogens (tertiary/aromatic N) is 2. The lowest BCUT2D eigenvalue weighted by molar-refractivity contribution is 0.134. The Bertz CT molecular complexity index is 610. The second-order valence-electron chi connectivity index (χ2n) is 6.87. The third-order valence-electron chi connectivity index (χ3n) is 5.07. The van der Waals surface area contributed by atoms with Gasteiger partial charge in [-0.05, 0) is 24.1 Å². The molecule has 0 aromatic heterocycles. The second-order valence-corrected chi connectivity index (χ2v) is 6.87. The number of urea groups is 1. The first-order valence-corrected chi connectivity index (χ1v) is 8.99. The van der Waals surface area contributed by atoms with Gasteiger partial charge in [0, 0.05) is 51.8 Å². The molecule has 4 rings (SSSR count). The highest BCUT2D eigenvalue weighted by Crippen LogP contribution is 2.32. The molecule has 7 nitrogen and oxygen atoms in total. The fraction of sp³-hybridized carbons (Fsp3) is 0.611. The lowest BCUT2D eigenvalue weighted by atomic mass is 10.1. The lowest BCUT2D eigenvalue weighted by Gasteiger charge is -2.34. The number of hydrogen-bond donors (Lipinski definition) is 1. The Kier molecular flexibility index (Phi) is 4.94. The zero-order valence-electron chi connectivity index (χ0n) is 14.4. The van der Waals surface area contributed by atoms with Gasteiger partial charge in [0.15, 0.2) is 11.5 Å². The summed E-state index contributed by atoms with van der Waals surface area (Å²) in [6.07, 6.45) is 1.05. The predicted octanol–water partition coefficient (Wildman–Crippen LogP) is 1.28. The Morgan fingerprint density at radius 3 is 2.80 bits per heavy atom. The van der Waals surface area contributed by atoms with Crippen LogP contribution in [0.15, 0.2) is 18.2 Å². The molecule has 25 heavy (non-hydrogen) atoms. The number of fused-ring (bicyclic) bond motifs is 1. The standard InChI is InChI=1S/C18H25N3O4/c22-18(19-10-15-3-8-23-12-15)21-6-4-20(5-7-21)11-14-1-2-16-17(9-14)25-13-24-16/h1-2,9,15H,3-8,10-13H2,(H,19,22)/t15-/m0/s1. The fourth-order valence-electron chi connectivity index (χ4n) is 3.49. The van der Waals surface area contributed by atoms with E-state index < -0.39 is 0 Å². The first-order valence-electron chi connectivity index (χ1n) is 8.99. The van der Waals surface area contributed by atoms with Gasteiger partial charge in [0.05, 0.1) is 6.61 Å². The van der Waals surface area contributed by atoms with Gasteiger partial charge in [0.2, 0.25) is 6.79 Å². The molecule has 1 aromatic carbocycles. The highest BCUT2D eigenvalue weighted by Gasteiger charge is 2.23. The van der Waals surface area contributed by atoms with Gasteiger partial charge >= 0.3 is 6.03 Å². The van der Waals surface area contributed by atoms with Gasteiger partial charge in [-0.15, -0.1) is 0 Å². The number of rotatable bonds is 4. The number of carbonyl (C=O) groups excluding carboxylic acids is 1. The molecule has 3 aliphatic heterocycles. The predicted molar refractivity (Wildman–Crippen MR) is 91.7 cm³/mol. The van der Waals surface area contributed by atoms with Crippen LogP contribution in [0.4, 0.5) is 4.79 Å². The summed E-state index contributed by atoms with van der Waals surface area (Å²) in [7, 11) is 0. The summed E-state index contributed by atoms with van der Waals surface area (Å²) < 4.78 is 16.1. The third kappa shape index (κ3) is 3.99. The summed E-state index contributed by atoms with van der Waals surface area (Å²) in [5.41, 5.74) is 1.21. The number of hydrogen-bond acceptors (Lipinski definition) is 5. The van der Waals surface area contributed by atoms with Crippen LogP contribution >= 0.6 is 0 Å². The van der Waals surface area contributed by atoms with E-state index in [2.05, 4.69) is 16.3 Å². The van der Waals surface area contributed by atoms with E-state index in [1.54, 1.807) is 0 Å². The van der Waals surface area contributed by atoms with Crippen LogP contribution in [0.5, 0.6) is 11.5 Å². The molecule has 0 saturated carbocycles. The van der Waals surface area contributed by atoms with Crippen LogP contribution in [0.3, 0.4) is 0 Å². The monoisotopic (exact) mass is 347 g/mol. The Morgan fingerprint density at radius 2 is 2.00 bits per heavy atom. The van der Waals surface area contributed by atoms with Crippen LogP contribution in [-0.4, -0.2) is 68.6 Å². The molecule has 1 aromatic rings. The summed E-state index contributed by atoms with van der Waals surface area (Å²) in [5, 5.41) is 3.05. The molecule has 0 radical (unpaired) electrons. The topological polar surface area (TPSA) is 63.3 Å². The average Bonchev–Trinajstić information content (AvgIpc) is 3.31. The van der Waals surface area contributed by atoms with Gasteiger partial charge in [0.25, 0.3) is 0 Å². The first kappa shape index (κ1) is 16.5. The van der Waals surface area contributed by atoms with Crippen molar-refractivity contribution in [2.45, 2.75) is 13.0 Å². The molecule has 1 N–H and O–H groups in total. The Hall–Kier alpha value is -1.99. The second kappa shape index (κ2) is 7.49. The zero-order chi connectivity index (χ0) is 17.1. The summed E-state index contributed by atoms with van der Waals surface area (Å²) in [4.78, 5) is 16.5. The van der Waals surface area contributed by atoms with Crippen molar-refractivity contribution in [3.63, 3.8) is 0 Å². The third-order valence-corrected chi connectivity index (χ3v) is 5.07. The van der Waals surface area contributed by atoms with Gasteiger partial charge in [-0.2, -0.15) is 0 Å². The smallest absolute Gasteiger partial charge is 0.317 e. The SMILES string of the molecule is O=C(NC[C@@H]1CCOC1)N1CCN(Cc2ccc3c(c2)OCO3)CC1. The average molecular weight is 347 g/mol. The highest BCUT2D eigenvalue weighted by molar-refractivity contribution is 5.74. The van der Waals surface area contributed by atoms with Crippen molar-refractivity contribution in [1.29, 1.82) is 0 Å². The number of piperazine rings is 1. The quantitative estimate of drug-likeness (QED) is 0.889. The maximum Gasteiger partial charge on any atom is 0.317 e. The number of amides is 2. The molecule has 0 unspecified atom stereocenters. The van der Waals surface area contributed by atoms with Crippen LogP contribution in [0.2, 0.25) is 0 Å². The minimum Gasteiger partial charge on any atom is -0.454 e. The van der Waals surface area contributed by atoms with Crippen LogP contribution in [0, 0.1) is 5.92 Å². The number of nitrogens with one attached hydrogen (secondary N) is 1. The summed E-state index contributed by atoms with van der Waals surface area (Å²) >= 11 is 0. The van der Waals surface area contributed by atoms with E-state index in [0.717, 1.165) is 70.4 Å². The normalized spacial score (nSPS) is 23.0. The molecular weight excluding hydrogens is 322 g/mol. The minimum atomic E-state index is 0.0506. The van der Waals surface area contributed by atoms with Crippen molar-refractivity contribution in [1.82, 2.24) is 15.1 Å². The van der Waals surface area contributed by atoms with E-state index in [1.807, 2.05) is 17.0 Å². The first-order chi connectivity index (χ1) is 12.3. The summed E-state index contributed by atoms with van der Waals surface area (Å²) in [6.45, 7) is 6.77. The number of ether oxygens (including phenoxy) is 3. The maximum absolute atomic E-state index is 12.3. The van der Waals surface area contributed by atoms with Gasteiger partial charge < -0.3 is 24.4 Å². The molecule has 0 spiro atoms.